The zero-order chi connectivity index (χ0) is 36.5. The Hall–Kier alpha value is -4.70. The number of rotatable bonds is 12. The lowest BCUT2D eigenvalue weighted by Crippen LogP contribution is -2.47. The molecule has 0 radical (unpaired) electrons. The molecule has 4 aromatic rings. The Morgan fingerprint density at radius 1 is 0.712 bits per heavy atom. The first kappa shape index (κ1) is 37.1. The van der Waals surface area contributed by atoms with E-state index in [1.54, 1.807) is 48.8 Å². The number of carbonyl (C=O) groups excluding carboxylic acids is 2. The molecule has 2 unspecified atom stereocenters. The van der Waals surface area contributed by atoms with Gasteiger partial charge in [0, 0.05) is 34.6 Å². The zero-order valence-electron chi connectivity index (χ0n) is 27.4. The highest BCUT2D eigenvalue weighted by atomic mass is 35.5. The minimum Gasteiger partial charge on any atom is -0.478 e. The van der Waals surface area contributed by atoms with Gasteiger partial charge in [-0.25, -0.2) is 18.4 Å². The van der Waals surface area contributed by atoms with Crippen LogP contribution in [0.5, 0.6) is 11.5 Å². The molecule has 0 aliphatic carbocycles. The van der Waals surface area contributed by atoms with Crippen LogP contribution >= 0.6 is 23.2 Å². The highest BCUT2D eigenvalue weighted by Crippen LogP contribution is 2.32. The van der Waals surface area contributed by atoms with Crippen molar-refractivity contribution in [2.75, 3.05) is 39.4 Å². The van der Waals surface area contributed by atoms with Crippen LogP contribution in [-0.4, -0.2) is 83.6 Å². The molecule has 12 nitrogen and oxygen atoms in total. The molecular formula is C36H32Cl2F2N4O8. The van der Waals surface area contributed by atoms with E-state index in [0.29, 0.717) is 11.4 Å². The predicted octanol–water partition coefficient (Wildman–Crippen LogP) is 5.88. The van der Waals surface area contributed by atoms with E-state index in [0.717, 1.165) is 24.3 Å². The third-order valence-corrected chi connectivity index (χ3v) is 8.31. The highest BCUT2D eigenvalue weighted by molar-refractivity contribution is 6.30. The van der Waals surface area contributed by atoms with E-state index >= 15 is 0 Å². The maximum Gasteiger partial charge on any atom is 0.349 e. The molecule has 16 heteroatoms. The zero-order valence-corrected chi connectivity index (χ0v) is 28.9. The topological polar surface area (TPSA) is 122 Å². The van der Waals surface area contributed by atoms with Gasteiger partial charge in [0.1, 0.15) is 12.2 Å². The van der Waals surface area contributed by atoms with Crippen molar-refractivity contribution in [1.82, 2.24) is 20.1 Å². The SMILES string of the molecule is O=C(/C=C/C(=O)ON1CCO[C@H](C(Oc2ccc(Cl)cc2F)c2ccccn2)C1)ON1CCO[C@H](C(Oc2ccc(Cl)cc2F)c2ccccn2)C1. The van der Waals surface area contributed by atoms with Gasteiger partial charge in [-0.3, -0.25) is 9.97 Å². The molecule has 4 atom stereocenters. The molecule has 0 amide bonds. The lowest BCUT2D eigenvalue weighted by molar-refractivity contribution is -0.220. The number of hydrogen-bond donors (Lipinski definition) is 0. The van der Waals surface area contributed by atoms with Crippen molar-refractivity contribution < 1.29 is 47.0 Å². The lowest BCUT2D eigenvalue weighted by atomic mass is 10.1. The molecule has 2 aliphatic heterocycles. The number of hydrogen-bond acceptors (Lipinski definition) is 12. The molecule has 0 saturated carbocycles. The van der Waals surface area contributed by atoms with E-state index in [1.165, 1.54) is 34.4 Å². The standard InChI is InChI=1S/C36H32Cl2F2N4O8/c37-23-7-9-29(25(39)19-23)49-35(27-5-1-3-13-41-27)31-21-43(15-17-47-31)51-33(45)11-12-34(46)52-44-16-18-48-32(22-44)36(28-6-2-4-14-42-28)50-30-10-8-24(38)20-26(30)40/h1-14,19-20,31-32,35-36H,15-18,21-22H2/b12-11+/t31-,32-,35?,36?/m0/s1. The summed E-state index contributed by atoms with van der Waals surface area (Å²) in [5.41, 5.74) is 0.941. The van der Waals surface area contributed by atoms with Gasteiger partial charge >= 0.3 is 11.9 Å². The summed E-state index contributed by atoms with van der Waals surface area (Å²) in [7, 11) is 0. The van der Waals surface area contributed by atoms with Crippen molar-refractivity contribution in [1.29, 1.82) is 0 Å². The second-order valence-electron chi connectivity index (χ2n) is 11.5. The fourth-order valence-corrected chi connectivity index (χ4v) is 5.76. The Morgan fingerprint density at radius 2 is 1.15 bits per heavy atom. The molecule has 52 heavy (non-hydrogen) atoms. The molecule has 2 saturated heterocycles. The first-order valence-corrected chi connectivity index (χ1v) is 16.9. The van der Waals surface area contributed by atoms with Crippen LogP contribution in [0.3, 0.4) is 0 Å². The molecule has 2 aromatic heterocycles. The predicted molar refractivity (Wildman–Crippen MR) is 182 cm³/mol. The van der Waals surface area contributed by atoms with Gasteiger partial charge in [-0.1, -0.05) is 35.3 Å². The van der Waals surface area contributed by atoms with Crippen molar-refractivity contribution in [3.8, 4) is 11.5 Å². The first-order valence-electron chi connectivity index (χ1n) is 16.1. The quantitative estimate of drug-likeness (QED) is 0.161. The van der Waals surface area contributed by atoms with Gasteiger partial charge in [-0.2, -0.15) is 0 Å². The largest absolute Gasteiger partial charge is 0.478 e. The summed E-state index contributed by atoms with van der Waals surface area (Å²) in [6.45, 7) is 0.861. The number of carbonyl (C=O) groups is 2. The number of hydroxylamine groups is 4. The van der Waals surface area contributed by atoms with Gasteiger partial charge in [0.05, 0.1) is 50.8 Å². The molecule has 2 aromatic carbocycles. The molecule has 0 N–H and O–H groups in total. The summed E-state index contributed by atoms with van der Waals surface area (Å²) in [6, 6.07) is 18.5. The molecule has 0 spiro atoms. The number of halogens is 4. The number of benzene rings is 2. The molecule has 272 valence electrons. The van der Waals surface area contributed by atoms with Gasteiger partial charge in [0.25, 0.3) is 0 Å². The highest BCUT2D eigenvalue weighted by Gasteiger charge is 2.35. The van der Waals surface area contributed by atoms with Gasteiger partial charge in [-0.05, 0) is 60.7 Å². The van der Waals surface area contributed by atoms with Crippen LogP contribution in [0.25, 0.3) is 0 Å². The van der Waals surface area contributed by atoms with Crippen LogP contribution < -0.4 is 9.47 Å². The number of aromatic nitrogens is 2. The van der Waals surface area contributed by atoms with Gasteiger partial charge < -0.3 is 28.6 Å². The Bertz CT molecular complexity index is 1730. The average Bonchev–Trinajstić information content (AvgIpc) is 3.14. The van der Waals surface area contributed by atoms with Crippen molar-refractivity contribution in [3.05, 3.63) is 130 Å². The maximum absolute atomic E-state index is 14.6. The third-order valence-electron chi connectivity index (χ3n) is 7.84. The fourth-order valence-electron chi connectivity index (χ4n) is 5.44. The van der Waals surface area contributed by atoms with Gasteiger partial charge in [0.2, 0.25) is 0 Å². The van der Waals surface area contributed by atoms with Crippen LogP contribution in [0.4, 0.5) is 8.78 Å². The van der Waals surface area contributed by atoms with Crippen molar-refractivity contribution in [2.45, 2.75) is 24.4 Å². The van der Waals surface area contributed by atoms with Crippen molar-refractivity contribution in [2.24, 2.45) is 0 Å². The summed E-state index contributed by atoms with van der Waals surface area (Å²) in [5, 5.41) is 3.14. The Morgan fingerprint density at radius 3 is 1.54 bits per heavy atom. The molecule has 4 heterocycles. The molecule has 6 rings (SSSR count). The van der Waals surface area contributed by atoms with E-state index in [-0.39, 0.29) is 60.9 Å². The summed E-state index contributed by atoms with van der Waals surface area (Å²) < 4.78 is 53.2. The van der Waals surface area contributed by atoms with Crippen molar-refractivity contribution in [3.63, 3.8) is 0 Å². The Kier molecular flexibility index (Phi) is 12.6. The number of ether oxygens (including phenoxy) is 4. The van der Waals surface area contributed by atoms with Crippen LogP contribution in [0.1, 0.15) is 23.6 Å². The summed E-state index contributed by atoms with van der Waals surface area (Å²) in [4.78, 5) is 45.1. The van der Waals surface area contributed by atoms with E-state index < -0.39 is 48.0 Å². The maximum atomic E-state index is 14.6. The molecule has 2 aliphatic rings. The Labute approximate surface area is 307 Å². The van der Waals surface area contributed by atoms with Crippen LogP contribution in [0.15, 0.2) is 97.3 Å². The minimum atomic E-state index is -0.867. The number of morpholine rings is 2. The lowest BCUT2D eigenvalue weighted by Gasteiger charge is -2.35. The smallest absolute Gasteiger partial charge is 0.349 e. The number of nitrogens with zero attached hydrogens (tertiary/aromatic N) is 4. The minimum absolute atomic E-state index is 0.0507. The van der Waals surface area contributed by atoms with E-state index in [2.05, 4.69) is 9.97 Å². The normalized spacial score (nSPS) is 19.5. The van der Waals surface area contributed by atoms with Crippen LogP contribution in [-0.2, 0) is 28.7 Å². The third kappa shape index (κ3) is 10.00. The number of pyridine rings is 2. The molecule has 0 bridgehead atoms. The van der Waals surface area contributed by atoms with Gasteiger partial charge in [-0.15, -0.1) is 10.1 Å². The monoisotopic (exact) mass is 756 g/mol. The van der Waals surface area contributed by atoms with Gasteiger partial charge in [0.15, 0.2) is 35.3 Å². The summed E-state index contributed by atoms with van der Waals surface area (Å²) in [6.07, 6.45) is 1.84. The van der Waals surface area contributed by atoms with Crippen LogP contribution in [0.2, 0.25) is 10.0 Å². The fraction of sp³-hybridized carbons (Fsp3) is 0.278. The van der Waals surface area contributed by atoms with E-state index in [1.807, 2.05) is 0 Å². The molecule has 2 fully saturated rings. The summed E-state index contributed by atoms with van der Waals surface area (Å²) >= 11 is 11.8. The van der Waals surface area contributed by atoms with E-state index in [4.69, 9.17) is 51.8 Å². The summed E-state index contributed by atoms with van der Waals surface area (Å²) in [5.74, 6) is -3.11. The van der Waals surface area contributed by atoms with Crippen molar-refractivity contribution >= 4 is 35.1 Å². The first-order chi connectivity index (χ1) is 25.2. The molecular weight excluding hydrogens is 725 g/mol. The second-order valence-corrected chi connectivity index (χ2v) is 12.4. The van der Waals surface area contributed by atoms with Crippen LogP contribution in [0, 0.1) is 11.6 Å². The average molecular weight is 758 g/mol. The second kappa shape index (κ2) is 17.7. The Balaban J connectivity index is 1.05. The van der Waals surface area contributed by atoms with E-state index in [9.17, 15) is 18.4 Å².